The second-order valence-electron chi connectivity index (χ2n) is 6.43. The quantitative estimate of drug-likeness (QED) is 0.537. The van der Waals surface area contributed by atoms with Crippen molar-refractivity contribution < 1.29 is 9.47 Å². The van der Waals surface area contributed by atoms with Gasteiger partial charge in [-0.3, -0.25) is 0 Å². The SMILES string of the molecule is C=Cc1ccc(C(=C)/C(=C/C)C(=C)c2cc3c(cc2C)OCO3)cc1C=C. The minimum Gasteiger partial charge on any atom is -0.454 e. The third-order valence-corrected chi connectivity index (χ3v) is 4.86. The van der Waals surface area contributed by atoms with Crippen molar-refractivity contribution in [3.63, 3.8) is 0 Å². The first-order valence-electron chi connectivity index (χ1n) is 8.85. The van der Waals surface area contributed by atoms with Gasteiger partial charge in [0, 0.05) is 0 Å². The van der Waals surface area contributed by atoms with E-state index in [2.05, 4.69) is 38.4 Å². The summed E-state index contributed by atoms with van der Waals surface area (Å²) in [6, 6.07) is 10.2. The molecule has 0 bridgehead atoms. The summed E-state index contributed by atoms with van der Waals surface area (Å²) in [5, 5.41) is 0. The van der Waals surface area contributed by atoms with Crippen LogP contribution in [-0.4, -0.2) is 6.79 Å². The Bertz CT molecular complexity index is 990. The Kier molecular flexibility index (Phi) is 5.18. The molecule has 2 aromatic rings. The molecule has 136 valence electrons. The first kappa shape index (κ1) is 18.5. The third-order valence-electron chi connectivity index (χ3n) is 4.86. The summed E-state index contributed by atoms with van der Waals surface area (Å²) in [5.41, 5.74) is 8.05. The van der Waals surface area contributed by atoms with Crippen molar-refractivity contribution in [2.45, 2.75) is 13.8 Å². The van der Waals surface area contributed by atoms with Crippen LogP contribution >= 0.6 is 0 Å². The molecule has 27 heavy (non-hydrogen) atoms. The van der Waals surface area contributed by atoms with Gasteiger partial charge in [0.1, 0.15) is 0 Å². The van der Waals surface area contributed by atoms with E-state index in [9.17, 15) is 0 Å². The number of fused-ring (bicyclic) bond motifs is 1. The maximum atomic E-state index is 5.53. The molecule has 0 atom stereocenters. The summed E-state index contributed by atoms with van der Waals surface area (Å²) in [5.74, 6) is 1.53. The van der Waals surface area contributed by atoms with E-state index in [0.29, 0.717) is 0 Å². The number of rotatable bonds is 6. The van der Waals surface area contributed by atoms with Gasteiger partial charge < -0.3 is 9.47 Å². The molecule has 2 nitrogen and oxygen atoms in total. The fourth-order valence-corrected chi connectivity index (χ4v) is 3.33. The van der Waals surface area contributed by atoms with Crippen LogP contribution in [0.2, 0.25) is 0 Å². The van der Waals surface area contributed by atoms with Gasteiger partial charge in [-0.2, -0.15) is 0 Å². The summed E-state index contributed by atoms with van der Waals surface area (Å²) in [7, 11) is 0. The molecule has 2 aromatic carbocycles. The highest BCUT2D eigenvalue weighted by Crippen LogP contribution is 2.40. The maximum Gasteiger partial charge on any atom is 0.231 e. The monoisotopic (exact) mass is 356 g/mol. The van der Waals surface area contributed by atoms with Crippen LogP contribution in [0.15, 0.2) is 68.3 Å². The van der Waals surface area contributed by atoms with Gasteiger partial charge in [-0.05, 0) is 76.6 Å². The van der Waals surface area contributed by atoms with Gasteiger partial charge >= 0.3 is 0 Å². The fourth-order valence-electron chi connectivity index (χ4n) is 3.33. The minimum absolute atomic E-state index is 0.258. The fraction of sp³-hybridized carbons (Fsp3) is 0.120. The highest BCUT2D eigenvalue weighted by molar-refractivity contribution is 5.98. The molecule has 0 aromatic heterocycles. The van der Waals surface area contributed by atoms with Crippen LogP contribution < -0.4 is 9.47 Å². The van der Waals surface area contributed by atoms with Crippen LogP contribution in [0.25, 0.3) is 23.3 Å². The van der Waals surface area contributed by atoms with Crippen LogP contribution in [0, 0.1) is 6.92 Å². The van der Waals surface area contributed by atoms with Crippen molar-refractivity contribution in [2.24, 2.45) is 0 Å². The topological polar surface area (TPSA) is 18.5 Å². The van der Waals surface area contributed by atoms with E-state index in [0.717, 1.165) is 56.0 Å². The molecule has 0 unspecified atom stereocenters. The van der Waals surface area contributed by atoms with Crippen LogP contribution in [0.5, 0.6) is 11.5 Å². The second-order valence-corrected chi connectivity index (χ2v) is 6.43. The van der Waals surface area contributed by atoms with Crippen molar-refractivity contribution in [2.75, 3.05) is 6.79 Å². The Balaban J connectivity index is 1.98. The zero-order valence-corrected chi connectivity index (χ0v) is 16.0. The first-order chi connectivity index (χ1) is 13.0. The van der Waals surface area contributed by atoms with Crippen LogP contribution in [-0.2, 0) is 0 Å². The van der Waals surface area contributed by atoms with Gasteiger partial charge in [0.25, 0.3) is 0 Å². The molecule has 0 spiro atoms. The molecule has 0 saturated heterocycles. The van der Waals surface area contributed by atoms with Crippen molar-refractivity contribution in [3.05, 3.63) is 96.1 Å². The molecule has 0 saturated carbocycles. The van der Waals surface area contributed by atoms with Gasteiger partial charge in [0.15, 0.2) is 11.5 Å². The van der Waals surface area contributed by atoms with Crippen LogP contribution in [0.1, 0.15) is 34.7 Å². The van der Waals surface area contributed by atoms with E-state index in [1.807, 2.05) is 50.3 Å². The number of ether oxygens (including phenoxy) is 2. The predicted molar refractivity (Wildman–Crippen MR) is 116 cm³/mol. The van der Waals surface area contributed by atoms with E-state index in [1.54, 1.807) is 0 Å². The van der Waals surface area contributed by atoms with Crippen molar-refractivity contribution in [1.82, 2.24) is 0 Å². The number of aryl methyl sites for hydroxylation is 1. The zero-order valence-electron chi connectivity index (χ0n) is 16.0. The lowest BCUT2D eigenvalue weighted by molar-refractivity contribution is 0.174. The summed E-state index contributed by atoms with van der Waals surface area (Å²) in [6.45, 7) is 20.7. The van der Waals surface area contributed by atoms with E-state index in [-0.39, 0.29) is 6.79 Å². The van der Waals surface area contributed by atoms with Gasteiger partial charge in [-0.1, -0.05) is 56.7 Å². The van der Waals surface area contributed by atoms with Crippen molar-refractivity contribution in [3.8, 4) is 11.5 Å². The molecule has 2 heteroatoms. The normalized spacial score (nSPS) is 12.6. The average Bonchev–Trinajstić information content (AvgIpc) is 3.14. The third kappa shape index (κ3) is 3.39. The Hall–Kier alpha value is -3.26. The standard InChI is InChI=1S/C25H24O2/c1-7-19-10-11-21(13-20(19)8-2)17(5)22(9-3)18(6)23-14-25-24(12-16(23)4)26-15-27-25/h7-14H,1-2,5-6,15H2,3-4H3/b22-9-. The van der Waals surface area contributed by atoms with Crippen LogP contribution in [0.4, 0.5) is 0 Å². The molecular weight excluding hydrogens is 332 g/mol. The largest absolute Gasteiger partial charge is 0.454 e. The van der Waals surface area contributed by atoms with E-state index >= 15 is 0 Å². The molecule has 1 aliphatic rings. The summed E-state index contributed by atoms with van der Waals surface area (Å²) in [6.07, 6.45) is 5.71. The van der Waals surface area contributed by atoms with Gasteiger partial charge in [0.05, 0.1) is 0 Å². The lowest BCUT2D eigenvalue weighted by Gasteiger charge is -2.17. The smallest absolute Gasteiger partial charge is 0.231 e. The molecule has 3 rings (SSSR count). The lowest BCUT2D eigenvalue weighted by atomic mass is 9.87. The van der Waals surface area contributed by atoms with Crippen molar-refractivity contribution in [1.29, 1.82) is 0 Å². The Morgan fingerprint density at radius 1 is 0.926 bits per heavy atom. The van der Waals surface area contributed by atoms with Gasteiger partial charge in [0.2, 0.25) is 6.79 Å². The molecule has 0 amide bonds. The predicted octanol–water partition coefficient (Wildman–Crippen LogP) is 6.68. The molecule has 0 radical (unpaired) electrons. The lowest BCUT2D eigenvalue weighted by Crippen LogP contribution is -1.96. The number of hydrogen-bond acceptors (Lipinski definition) is 2. The minimum atomic E-state index is 0.258. The van der Waals surface area contributed by atoms with E-state index in [1.165, 1.54) is 0 Å². The summed E-state index contributed by atoms with van der Waals surface area (Å²) >= 11 is 0. The van der Waals surface area contributed by atoms with E-state index in [4.69, 9.17) is 9.47 Å². The highest BCUT2D eigenvalue weighted by atomic mass is 16.7. The molecule has 1 aliphatic heterocycles. The zero-order chi connectivity index (χ0) is 19.6. The number of allylic oxidation sites excluding steroid dienone is 4. The first-order valence-corrected chi connectivity index (χ1v) is 8.85. The Morgan fingerprint density at radius 3 is 2.22 bits per heavy atom. The van der Waals surface area contributed by atoms with Crippen LogP contribution in [0.3, 0.4) is 0 Å². The van der Waals surface area contributed by atoms with Gasteiger partial charge in [-0.25, -0.2) is 0 Å². The molecule has 0 N–H and O–H groups in total. The summed E-state index contributed by atoms with van der Waals surface area (Å²) < 4.78 is 11.0. The van der Waals surface area contributed by atoms with E-state index < -0.39 is 0 Å². The van der Waals surface area contributed by atoms with Gasteiger partial charge in [-0.15, -0.1) is 0 Å². The second kappa shape index (κ2) is 7.55. The van der Waals surface area contributed by atoms with Crippen molar-refractivity contribution >= 4 is 23.3 Å². The average molecular weight is 356 g/mol. The Morgan fingerprint density at radius 2 is 1.59 bits per heavy atom. The molecule has 0 fully saturated rings. The molecule has 1 heterocycles. The highest BCUT2D eigenvalue weighted by Gasteiger charge is 2.19. The summed E-state index contributed by atoms with van der Waals surface area (Å²) in [4.78, 5) is 0. The Labute approximate surface area is 161 Å². The molecular formula is C25H24O2. The maximum absolute atomic E-state index is 5.53. The molecule has 0 aliphatic carbocycles. The number of benzene rings is 2. The number of hydrogen-bond donors (Lipinski definition) is 0.